The monoisotopic (exact) mass is 375 g/mol. The molecule has 0 atom stereocenters. The van der Waals surface area contributed by atoms with Crippen LogP contribution < -0.4 is 15.4 Å². The van der Waals surface area contributed by atoms with Crippen LogP contribution in [0, 0.1) is 0 Å². The largest absolute Gasteiger partial charge is 0.494 e. The van der Waals surface area contributed by atoms with E-state index in [1.54, 1.807) is 24.3 Å². The Bertz CT molecular complexity index is 758. The van der Waals surface area contributed by atoms with Crippen molar-refractivity contribution in [2.45, 2.75) is 0 Å². The zero-order valence-electron chi connectivity index (χ0n) is 14.5. The van der Waals surface area contributed by atoms with E-state index in [4.69, 9.17) is 9.47 Å². The molecule has 0 radical (unpaired) electrons. The van der Waals surface area contributed by atoms with Crippen molar-refractivity contribution in [1.29, 1.82) is 0 Å². The molecule has 2 aromatic rings. The molecule has 0 spiro atoms. The normalized spacial score (nSPS) is 14.7. The molecule has 2 amide bonds. The predicted molar refractivity (Wildman–Crippen MR) is 101 cm³/mol. The number of benzene rings is 1. The number of ether oxygens (including phenoxy) is 2. The van der Waals surface area contributed by atoms with Gasteiger partial charge in [0, 0.05) is 24.8 Å². The molecule has 0 saturated carbocycles. The van der Waals surface area contributed by atoms with Gasteiger partial charge in [0.1, 0.15) is 5.75 Å². The summed E-state index contributed by atoms with van der Waals surface area (Å²) in [5.74, 6) is 0.205. The van der Waals surface area contributed by atoms with Crippen molar-refractivity contribution < 1.29 is 19.1 Å². The zero-order valence-corrected chi connectivity index (χ0v) is 15.3. The van der Waals surface area contributed by atoms with Crippen LogP contribution in [-0.2, 0) is 9.53 Å². The Morgan fingerprint density at radius 1 is 1.23 bits per heavy atom. The third-order valence-corrected chi connectivity index (χ3v) is 4.82. The molecule has 2 N–H and O–H groups in total. The maximum atomic E-state index is 12.2. The topological polar surface area (TPSA) is 79.9 Å². The molecular formula is C18H21N3O4S. The number of morpholine rings is 1. The van der Waals surface area contributed by atoms with Gasteiger partial charge in [0.25, 0.3) is 5.91 Å². The molecule has 8 heteroatoms. The Hall–Kier alpha value is -2.42. The second-order valence-electron chi connectivity index (χ2n) is 5.78. The fraction of sp³-hybridized carbons (Fsp3) is 0.333. The highest BCUT2D eigenvalue weighted by Crippen LogP contribution is 2.28. The summed E-state index contributed by atoms with van der Waals surface area (Å²) < 4.78 is 10.6. The fourth-order valence-corrected chi connectivity index (χ4v) is 3.24. The third kappa shape index (κ3) is 4.81. The molecule has 0 aliphatic carbocycles. The van der Waals surface area contributed by atoms with Crippen molar-refractivity contribution in [3.63, 3.8) is 0 Å². The van der Waals surface area contributed by atoms with Crippen LogP contribution in [0.5, 0.6) is 5.75 Å². The number of hydrogen-bond acceptors (Lipinski definition) is 6. The van der Waals surface area contributed by atoms with Gasteiger partial charge in [-0.3, -0.25) is 14.5 Å². The summed E-state index contributed by atoms with van der Waals surface area (Å²) in [6.45, 7) is 3.10. The van der Waals surface area contributed by atoms with Crippen LogP contribution in [0.3, 0.4) is 0 Å². The lowest BCUT2D eigenvalue weighted by molar-refractivity contribution is -0.118. The first kappa shape index (κ1) is 18.4. The number of rotatable bonds is 6. The first-order valence-corrected chi connectivity index (χ1v) is 9.16. The highest BCUT2D eigenvalue weighted by molar-refractivity contribution is 7.12. The Morgan fingerprint density at radius 2 is 2.04 bits per heavy atom. The maximum Gasteiger partial charge on any atom is 0.265 e. The number of nitrogens with one attached hydrogen (secondary N) is 2. The van der Waals surface area contributed by atoms with Crippen molar-refractivity contribution >= 4 is 34.5 Å². The molecule has 0 unspecified atom stereocenters. The van der Waals surface area contributed by atoms with Crippen LogP contribution in [0.2, 0.25) is 0 Å². The molecule has 1 aliphatic heterocycles. The number of thiophene rings is 1. The standard InChI is InChI=1S/C18H21N3O4S/c1-24-15-11-13(19-18(23)16-3-2-10-26-16)4-5-14(15)20-17(22)12-21-6-8-25-9-7-21/h2-5,10-11H,6-9,12H2,1H3,(H,19,23)(H,20,22). The second kappa shape index (κ2) is 8.79. The molecular weight excluding hydrogens is 354 g/mol. The fourth-order valence-electron chi connectivity index (χ4n) is 2.62. The average Bonchev–Trinajstić information content (AvgIpc) is 3.18. The minimum atomic E-state index is -0.175. The highest BCUT2D eigenvalue weighted by atomic mass is 32.1. The number of anilines is 2. The van der Waals surface area contributed by atoms with Crippen molar-refractivity contribution in [2.24, 2.45) is 0 Å². The minimum Gasteiger partial charge on any atom is -0.494 e. The molecule has 1 saturated heterocycles. The van der Waals surface area contributed by atoms with Gasteiger partial charge in [-0.2, -0.15) is 0 Å². The Labute approximate surface area is 155 Å². The van der Waals surface area contributed by atoms with Crippen LogP contribution in [0.25, 0.3) is 0 Å². The van der Waals surface area contributed by atoms with E-state index in [1.165, 1.54) is 18.4 Å². The lowest BCUT2D eigenvalue weighted by Gasteiger charge is -2.25. The molecule has 1 aromatic carbocycles. The number of carbonyl (C=O) groups is 2. The molecule has 1 fully saturated rings. The number of nitrogens with zero attached hydrogens (tertiary/aromatic N) is 1. The van der Waals surface area contributed by atoms with Gasteiger partial charge in [0.05, 0.1) is 37.4 Å². The molecule has 1 aromatic heterocycles. The number of amides is 2. The van der Waals surface area contributed by atoms with E-state index in [-0.39, 0.29) is 11.8 Å². The first-order valence-electron chi connectivity index (χ1n) is 8.28. The molecule has 2 heterocycles. The lowest BCUT2D eigenvalue weighted by Crippen LogP contribution is -2.41. The van der Waals surface area contributed by atoms with Crippen LogP contribution in [0.15, 0.2) is 35.7 Å². The molecule has 0 bridgehead atoms. The van der Waals surface area contributed by atoms with Crippen LogP contribution in [0.4, 0.5) is 11.4 Å². The molecule has 26 heavy (non-hydrogen) atoms. The molecule has 1 aliphatic rings. The van der Waals surface area contributed by atoms with Crippen molar-refractivity contribution in [3.05, 3.63) is 40.6 Å². The Kier molecular flexibility index (Phi) is 6.21. The van der Waals surface area contributed by atoms with Gasteiger partial charge < -0.3 is 20.1 Å². The summed E-state index contributed by atoms with van der Waals surface area (Å²) in [5, 5.41) is 7.53. The summed E-state index contributed by atoms with van der Waals surface area (Å²) in [6, 6.07) is 8.74. The van der Waals surface area contributed by atoms with Crippen molar-refractivity contribution in [3.8, 4) is 5.75 Å². The van der Waals surface area contributed by atoms with Gasteiger partial charge >= 0.3 is 0 Å². The van der Waals surface area contributed by atoms with Crippen molar-refractivity contribution in [2.75, 3.05) is 50.6 Å². The summed E-state index contributed by atoms with van der Waals surface area (Å²) in [4.78, 5) is 27.1. The summed E-state index contributed by atoms with van der Waals surface area (Å²) in [6.07, 6.45) is 0. The summed E-state index contributed by atoms with van der Waals surface area (Å²) in [7, 11) is 1.53. The van der Waals surface area contributed by atoms with Crippen LogP contribution >= 0.6 is 11.3 Å². The molecule has 138 valence electrons. The lowest BCUT2D eigenvalue weighted by atomic mass is 10.2. The predicted octanol–water partition coefficient (Wildman–Crippen LogP) is 2.28. The van der Waals surface area contributed by atoms with E-state index >= 15 is 0 Å². The van der Waals surface area contributed by atoms with E-state index in [1.807, 2.05) is 16.3 Å². The number of hydrogen-bond donors (Lipinski definition) is 2. The van der Waals surface area contributed by atoms with Gasteiger partial charge in [-0.25, -0.2) is 0 Å². The van der Waals surface area contributed by atoms with Gasteiger partial charge in [-0.1, -0.05) is 6.07 Å². The van der Waals surface area contributed by atoms with E-state index in [0.29, 0.717) is 41.8 Å². The van der Waals surface area contributed by atoms with Gasteiger partial charge in [0.2, 0.25) is 5.91 Å². The van der Waals surface area contributed by atoms with E-state index in [2.05, 4.69) is 10.6 Å². The third-order valence-electron chi connectivity index (χ3n) is 3.95. The number of methoxy groups -OCH3 is 1. The van der Waals surface area contributed by atoms with Crippen LogP contribution in [0.1, 0.15) is 9.67 Å². The number of carbonyl (C=O) groups excluding carboxylic acids is 2. The minimum absolute atomic E-state index is 0.111. The molecule has 3 rings (SSSR count). The maximum absolute atomic E-state index is 12.2. The summed E-state index contributed by atoms with van der Waals surface area (Å²) in [5.41, 5.74) is 1.17. The Balaban J connectivity index is 1.62. The van der Waals surface area contributed by atoms with Crippen molar-refractivity contribution in [1.82, 2.24) is 4.90 Å². The van der Waals surface area contributed by atoms with Gasteiger partial charge in [-0.05, 0) is 23.6 Å². The first-order chi connectivity index (χ1) is 12.7. The van der Waals surface area contributed by atoms with Gasteiger partial charge in [0.15, 0.2) is 0 Å². The summed E-state index contributed by atoms with van der Waals surface area (Å²) >= 11 is 1.37. The smallest absolute Gasteiger partial charge is 0.265 e. The SMILES string of the molecule is COc1cc(NC(=O)c2cccs2)ccc1NC(=O)CN1CCOCC1. The zero-order chi connectivity index (χ0) is 18.4. The van der Waals surface area contributed by atoms with E-state index < -0.39 is 0 Å². The van der Waals surface area contributed by atoms with E-state index in [0.717, 1.165) is 13.1 Å². The Morgan fingerprint density at radius 3 is 2.73 bits per heavy atom. The van der Waals surface area contributed by atoms with E-state index in [9.17, 15) is 9.59 Å². The average molecular weight is 375 g/mol. The molecule has 7 nitrogen and oxygen atoms in total. The van der Waals surface area contributed by atoms with Gasteiger partial charge in [-0.15, -0.1) is 11.3 Å². The highest BCUT2D eigenvalue weighted by Gasteiger charge is 2.16. The quantitative estimate of drug-likeness (QED) is 0.810. The second-order valence-corrected chi connectivity index (χ2v) is 6.73. The van der Waals surface area contributed by atoms with Crippen LogP contribution in [-0.4, -0.2) is 56.7 Å².